The third-order valence-corrected chi connectivity index (χ3v) is 4.40. The molecule has 0 radical (unpaired) electrons. The second-order valence-corrected chi connectivity index (χ2v) is 6.03. The molecule has 0 bridgehead atoms. The fraction of sp³-hybridized carbons (Fsp3) is 0.316. The van der Waals surface area contributed by atoms with Crippen LogP contribution < -0.4 is 11.1 Å². The van der Waals surface area contributed by atoms with Gasteiger partial charge in [-0.25, -0.2) is 0 Å². The Labute approximate surface area is 132 Å². The monoisotopic (exact) mass is 293 g/mol. The Morgan fingerprint density at radius 1 is 1.14 bits per heavy atom. The highest BCUT2D eigenvalue weighted by molar-refractivity contribution is 5.92. The predicted octanol–water partition coefficient (Wildman–Crippen LogP) is 3.71. The van der Waals surface area contributed by atoms with Crippen LogP contribution in [0.4, 0.5) is 5.69 Å². The maximum absolute atomic E-state index is 6.05. The highest BCUT2D eigenvalue weighted by Crippen LogP contribution is 2.48. The Balaban J connectivity index is 1.65. The van der Waals surface area contributed by atoms with Gasteiger partial charge in [0.1, 0.15) is 0 Å². The molecule has 0 aliphatic heterocycles. The molecule has 0 amide bonds. The summed E-state index contributed by atoms with van der Waals surface area (Å²) in [5, 5.41) is 3.20. The van der Waals surface area contributed by atoms with E-state index in [1.807, 2.05) is 12.1 Å². The molecule has 2 aromatic carbocycles. The lowest BCUT2D eigenvalue weighted by molar-refractivity contribution is 0.705. The van der Waals surface area contributed by atoms with Crippen LogP contribution in [-0.2, 0) is 11.8 Å². The van der Waals surface area contributed by atoms with E-state index in [4.69, 9.17) is 5.73 Å². The Kier molecular flexibility index (Phi) is 4.14. The molecule has 1 saturated carbocycles. The van der Waals surface area contributed by atoms with Crippen molar-refractivity contribution >= 4 is 11.6 Å². The van der Waals surface area contributed by atoms with Crippen molar-refractivity contribution in [3.63, 3.8) is 0 Å². The van der Waals surface area contributed by atoms with E-state index in [-0.39, 0.29) is 5.41 Å². The van der Waals surface area contributed by atoms with Gasteiger partial charge in [-0.1, -0.05) is 49.4 Å². The molecule has 0 spiro atoms. The third-order valence-electron chi connectivity index (χ3n) is 4.40. The van der Waals surface area contributed by atoms with Crippen molar-refractivity contribution in [2.75, 3.05) is 11.9 Å². The van der Waals surface area contributed by atoms with Gasteiger partial charge < -0.3 is 11.1 Å². The lowest BCUT2D eigenvalue weighted by Gasteiger charge is -2.14. The molecule has 3 N–H and O–H groups in total. The number of nitrogens with two attached hydrogens (primary N) is 1. The summed E-state index contributed by atoms with van der Waals surface area (Å²) in [6, 6.07) is 18.9. The van der Waals surface area contributed by atoms with Crippen molar-refractivity contribution in [2.24, 2.45) is 10.7 Å². The van der Waals surface area contributed by atoms with Gasteiger partial charge in [0, 0.05) is 11.1 Å². The van der Waals surface area contributed by atoms with Crippen molar-refractivity contribution in [3.8, 4) is 0 Å². The average molecular weight is 293 g/mol. The van der Waals surface area contributed by atoms with Crippen LogP contribution in [0.15, 0.2) is 59.6 Å². The van der Waals surface area contributed by atoms with E-state index in [1.165, 1.54) is 24.0 Å². The fourth-order valence-electron chi connectivity index (χ4n) is 2.77. The average Bonchev–Trinajstić information content (AvgIpc) is 3.35. The van der Waals surface area contributed by atoms with Crippen LogP contribution in [0.25, 0.3) is 0 Å². The van der Waals surface area contributed by atoms with E-state index in [2.05, 4.69) is 59.7 Å². The molecule has 0 unspecified atom stereocenters. The van der Waals surface area contributed by atoms with Crippen LogP contribution in [0.1, 0.15) is 30.9 Å². The quantitative estimate of drug-likeness (QED) is 0.652. The second-order valence-electron chi connectivity index (χ2n) is 6.03. The molecular weight excluding hydrogens is 270 g/mol. The highest BCUT2D eigenvalue weighted by atomic mass is 15.1. The number of nitrogens with one attached hydrogen (secondary N) is 1. The third kappa shape index (κ3) is 3.30. The van der Waals surface area contributed by atoms with Gasteiger partial charge in [-0.15, -0.1) is 0 Å². The topological polar surface area (TPSA) is 50.4 Å². The first-order valence-corrected chi connectivity index (χ1v) is 7.93. The molecule has 3 heteroatoms. The Morgan fingerprint density at radius 3 is 2.59 bits per heavy atom. The first-order valence-electron chi connectivity index (χ1n) is 7.93. The van der Waals surface area contributed by atoms with Crippen LogP contribution >= 0.6 is 0 Å². The molecule has 1 aliphatic carbocycles. The minimum atomic E-state index is 0.207. The fourth-order valence-corrected chi connectivity index (χ4v) is 2.77. The van der Waals surface area contributed by atoms with Gasteiger partial charge in [-0.3, -0.25) is 4.99 Å². The summed E-state index contributed by atoms with van der Waals surface area (Å²) in [6.07, 6.45) is 3.40. The molecule has 114 valence electrons. The number of aliphatic imine (C=N–C) groups is 1. The van der Waals surface area contributed by atoms with Gasteiger partial charge in [0.05, 0.1) is 6.54 Å². The number of guanidine groups is 1. The van der Waals surface area contributed by atoms with Crippen molar-refractivity contribution in [1.82, 2.24) is 0 Å². The van der Waals surface area contributed by atoms with E-state index in [9.17, 15) is 0 Å². The van der Waals surface area contributed by atoms with E-state index in [1.54, 1.807) is 0 Å². The Morgan fingerprint density at radius 2 is 1.91 bits per heavy atom. The van der Waals surface area contributed by atoms with Crippen molar-refractivity contribution in [2.45, 2.75) is 31.6 Å². The molecule has 3 nitrogen and oxygen atoms in total. The second kappa shape index (κ2) is 6.22. The minimum absolute atomic E-state index is 0.207. The van der Waals surface area contributed by atoms with Crippen LogP contribution in [0, 0.1) is 0 Å². The zero-order valence-electron chi connectivity index (χ0n) is 13.0. The molecule has 1 aliphatic rings. The summed E-state index contributed by atoms with van der Waals surface area (Å²) in [4.78, 5) is 4.57. The molecular formula is C19H23N3. The highest BCUT2D eigenvalue weighted by Gasteiger charge is 2.43. The zero-order valence-corrected chi connectivity index (χ0v) is 13.0. The summed E-state index contributed by atoms with van der Waals surface area (Å²) in [7, 11) is 0. The number of hydrogen-bond donors (Lipinski definition) is 2. The largest absolute Gasteiger partial charge is 0.370 e. The van der Waals surface area contributed by atoms with Crippen LogP contribution in [0.2, 0.25) is 0 Å². The van der Waals surface area contributed by atoms with Crippen LogP contribution in [0.3, 0.4) is 0 Å². The Bertz CT molecular complexity index is 657. The number of benzene rings is 2. The smallest absolute Gasteiger partial charge is 0.193 e. The first kappa shape index (κ1) is 14.6. The maximum Gasteiger partial charge on any atom is 0.193 e. The first-order chi connectivity index (χ1) is 10.7. The van der Waals surface area contributed by atoms with Gasteiger partial charge in [-0.05, 0) is 42.5 Å². The number of hydrogen-bond acceptors (Lipinski definition) is 1. The van der Waals surface area contributed by atoms with Crippen molar-refractivity contribution in [3.05, 3.63) is 65.7 Å². The van der Waals surface area contributed by atoms with Crippen molar-refractivity contribution < 1.29 is 0 Å². The van der Waals surface area contributed by atoms with E-state index < -0.39 is 0 Å². The SMILES string of the molecule is CCc1cccc(NC(N)=NCC2(c3ccccc3)CC2)c1. The van der Waals surface area contributed by atoms with E-state index in [0.29, 0.717) is 5.96 Å². The number of rotatable bonds is 5. The molecule has 0 aromatic heterocycles. The molecule has 1 fully saturated rings. The zero-order chi connectivity index (χ0) is 15.4. The molecule has 0 saturated heterocycles. The molecule has 22 heavy (non-hydrogen) atoms. The van der Waals surface area contributed by atoms with Gasteiger partial charge >= 0.3 is 0 Å². The summed E-state index contributed by atoms with van der Waals surface area (Å²) in [5.74, 6) is 0.496. The number of aryl methyl sites for hydroxylation is 1. The van der Waals surface area contributed by atoms with Crippen LogP contribution in [-0.4, -0.2) is 12.5 Å². The lowest BCUT2D eigenvalue weighted by atomic mass is 9.96. The minimum Gasteiger partial charge on any atom is -0.370 e. The Hall–Kier alpha value is -2.29. The number of nitrogens with zero attached hydrogens (tertiary/aromatic N) is 1. The molecule has 0 atom stereocenters. The van der Waals surface area contributed by atoms with E-state index >= 15 is 0 Å². The summed E-state index contributed by atoms with van der Waals surface area (Å²) in [5.41, 5.74) is 9.93. The lowest BCUT2D eigenvalue weighted by Crippen LogP contribution is -2.25. The van der Waals surface area contributed by atoms with Gasteiger partial charge in [0.2, 0.25) is 0 Å². The van der Waals surface area contributed by atoms with Crippen molar-refractivity contribution in [1.29, 1.82) is 0 Å². The van der Waals surface area contributed by atoms with Gasteiger partial charge in [0.15, 0.2) is 5.96 Å². The van der Waals surface area contributed by atoms with Gasteiger partial charge in [0.25, 0.3) is 0 Å². The molecule has 0 heterocycles. The molecule has 2 aromatic rings. The number of anilines is 1. The summed E-state index contributed by atoms with van der Waals surface area (Å²) in [6.45, 7) is 2.90. The standard InChI is InChI=1S/C19H23N3/c1-2-15-7-6-10-17(13-15)22-18(20)21-14-19(11-12-19)16-8-4-3-5-9-16/h3-10,13H,2,11-12,14H2,1H3,(H3,20,21,22). The summed E-state index contributed by atoms with van der Waals surface area (Å²) < 4.78 is 0. The summed E-state index contributed by atoms with van der Waals surface area (Å²) >= 11 is 0. The van der Waals surface area contributed by atoms with Crippen LogP contribution in [0.5, 0.6) is 0 Å². The predicted molar refractivity (Wildman–Crippen MR) is 93.3 cm³/mol. The molecule has 3 rings (SSSR count). The van der Waals surface area contributed by atoms with E-state index in [0.717, 1.165) is 18.7 Å². The maximum atomic E-state index is 6.05. The normalized spacial score (nSPS) is 16.3. The van der Waals surface area contributed by atoms with Gasteiger partial charge in [-0.2, -0.15) is 0 Å².